The van der Waals surface area contributed by atoms with Gasteiger partial charge in [0, 0.05) is 6.20 Å². The summed E-state index contributed by atoms with van der Waals surface area (Å²) >= 11 is 0. The number of hydrogen-bond donors (Lipinski definition) is 0. The van der Waals surface area contributed by atoms with Crippen molar-refractivity contribution in [2.24, 2.45) is 5.92 Å². The van der Waals surface area contributed by atoms with Crippen molar-refractivity contribution in [1.82, 2.24) is 4.98 Å². The van der Waals surface area contributed by atoms with Crippen LogP contribution in [-0.4, -0.2) is 11.0 Å². The molecular weight excluding hydrogens is 190 g/mol. The maximum absolute atomic E-state index is 11.5. The van der Waals surface area contributed by atoms with Crippen LogP contribution in [0.15, 0.2) is 24.4 Å². The molecule has 0 saturated carbocycles. The average Bonchev–Trinajstić information content (AvgIpc) is 2.29. The summed E-state index contributed by atoms with van der Waals surface area (Å²) in [5.41, 5.74) is 0.789. The van der Waals surface area contributed by atoms with Gasteiger partial charge in [0.2, 0.25) is 0 Å². The highest BCUT2D eigenvalue weighted by molar-refractivity contribution is 5.72. The monoisotopic (exact) mass is 207 g/mol. The fourth-order valence-corrected chi connectivity index (χ4v) is 1.37. The van der Waals surface area contributed by atoms with Gasteiger partial charge in [-0.25, -0.2) is 0 Å². The highest BCUT2D eigenvalue weighted by Gasteiger charge is 2.15. The van der Waals surface area contributed by atoms with Crippen LogP contribution in [0.4, 0.5) is 0 Å². The van der Waals surface area contributed by atoms with E-state index in [1.807, 2.05) is 32.0 Å². The summed E-state index contributed by atoms with van der Waals surface area (Å²) in [6.07, 6.45) is 3.36. The van der Waals surface area contributed by atoms with E-state index in [4.69, 9.17) is 4.74 Å². The summed E-state index contributed by atoms with van der Waals surface area (Å²) in [7, 11) is 0. The van der Waals surface area contributed by atoms with Crippen LogP contribution in [0.3, 0.4) is 0 Å². The topological polar surface area (TPSA) is 39.2 Å². The first-order valence-corrected chi connectivity index (χ1v) is 5.34. The summed E-state index contributed by atoms with van der Waals surface area (Å²) in [4.78, 5) is 15.6. The van der Waals surface area contributed by atoms with Crippen LogP contribution in [0.5, 0.6) is 0 Å². The molecule has 1 aromatic rings. The highest BCUT2D eigenvalue weighted by Crippen LogP contribution is 2.10. The summed E-state index contributed by atoms with van der Waals surface area (Å²) < 4.78 is 5.17. The molecule has 1 rings (SSSR count). The molecule has 0 radical (unpaired) electrons. The number of nitrogens with zero attached hydrogens (tertiary/aromatic N) is 1. The van der Waals surface area contributed by atoms with Crippen molar-refractivity contribution in [2.75, 3.05) is 0 Å². The van der Waals surface area contributed by atoms with Crippen molar-refractivity contribution in [3.05, 3.63) is 30.1 Å². The molecule has 0 unspecified atom stereocenters. The van der Waals surface area contributed by atoms with Crippen LogP contribution in [0, 0.1) is 5.92 Å². The Balaban J connectivity index is 2.40. The van der Waals surface area contributed by atoms with E-state index in [2.05, 4.69) is 4.98 Å². The molecule has 0 spiro atoms. The molecule has 1 heterocycles. The zero-order chi connectivity index (χ0) is 11.1. The molecule has 0 atom stereocenters. The van der Waals surface area contributed by atoms with Gasteiger partial charge in [0.25, 0.3) is 0 Å². The lowest BCUT2D eigenvalue weighted by Crippen LogP contribution is -2.16. The molecule has 0 bridgehead atoms. The minimum absolute atomic E-state index is 0.0220. The molecule has 1 aromatic heterocycles. The van der Waals surface area contributed by atoms with Crippen LogP contribution in [-0.2, 0) is 16.1 Å². The Morgan fingerprint density at radius 1 is 1.40 bits per heavy atom. The van der Waals surface area contributed by atoms with Crippen molar-refractivity contribution in [3.63, 3.8) is 0 Å². The Labute approximate surface area is 90.5 Å². The first-order valence-electron chi connectivity index (χ1n) is 5.34. The molecular formula is C12H17NO2. The van der Waals surface area contributed by atoms with Gasteiger partial charge in [-0.05, 0) is 25.0 Å². The van der Waals surface area contributed by atoms with Crippen LogP contribution in [0.1, 0.15) is 32.4 Å². The van der Waals surface area contributed by atoms with Gasteiger partial charge in [-0.2, -0.15) is 0 Å². The van der Waals surface area contributed by atoms with E-state index in [1.165, 1.54) is 0 Å². The summed E-state index contributed by atoms with van der Waals surface area (Å²) in [5, 5.41) is 0. The van der Waals surface area contributed by atoms with Crippen molar-refractivity contribution in [1.29, 1.82) is 0 Å². The van der Waals surface area contributed by atoms with E-state index >= 15 is 0 Å². The Morgan fingerprint density at radius 3 is 2.67 bits per heavy atom. The second kappa shape index (κ2) is 6.17. The summed E-state index contributed by atoms with van der Waals surface area (Å²) in [6, 6.07) is 5.57. The van der Waals surface area contributed by atoms with Crippen LogP contribution in [0.25, 0.3) is 0 Å². The molecule has 0 N–H and O–H groups in total. The van der Waals surface area contributed by atoms with Crippen LogP contribution >= 0.6 is 0 Å². The van der Waals surface area contributed by atoms with Gasteiger partial charge in [-0.15, -0.1) is 0 Å². The zero-order valence-electron chi connectivity index (χ0n) is 9.27. The third kappa shape index (κ3) is 3.70. The molecule has 3 nitrogen and oxygen atoms in total. The van der Waals surface area contributed by atoms with Gasteiger partial charge < -0.3 is 4.74 Å². The normalized spacial score (nSPS) is 10.3. The summed E-state index contributed by atoms with van der Waals surface area (Å²) in [6.45, 7) is 4.27. The number of aromatic nitrogens is 1. The fourth-order valence-electron chi connectivity index (χ4n) is 1.37. The van der Waals surface area contributed by atoms with Crippen molar-refractivity contribution >= 4 is 5.97 Å². The largest absolute Gasteiger partial charge is 0.459 e. The molecule has 0 saturated heterocycles. The lowest BCUT2D eigenvalue weighted by atomic mass is 10.0. The highest BCUT2D eigenvalue weighted by atomic mass is 16.5. The number of hydrogen-bond acceptors (Lipinski definition) is 3. The lowest BCUT2D eigenvalue weighted by Gasteiger charge is -2.11. The number of carbonyl (C=O) groups is 1. The average molecular weight is 207 g/mol. The Kier molecular flexibility index (Phi) is 4.81. The second-order valence-corrected chi connectivity index (χ2v) is 3.44. The number of esters is 1. The van der Waals surface area contributed by atoms with E-state index in [-0.39, 0.29) is 18.5 Å². The lowest BCUT2D eigenvalue weighted by molar-refractivity contribution is -0.150. The van der Waals surface area contributed by atoms with E-state index in [0.29, 0.717) is 0 Å². The number of pyridine rings is 1. The predicted octanol–water partition coefficient (Wildman–Crippen LogP) is 2.56. The number of ether oxygens (including phenoxy) is 1. The van der Waals surface area contributed by atoms with Gasteiger partial charge in [0.05, 0.1) is 11.6 Å². The van der Waals surface area contributed by atoms with Gasteiger partial charge in [0.1, 0.15) is 6.61 Å². The zero-order valence-corrected chi connectivity index (χ0v) is 9.27. The maximum Gasteiger partial charge on any atom is 0.309 e. The molecule has 0 amide bonds. The summed E-state index contributed by atoms with van der Waals surface area (Å²) in [5.74, 6) is -0.0978. The van der Waals surface area contributed by atoms with E-state index in [0.717, 1.165) is 18.5 Å². The third-order valence-corrected chi connectivity index (χ3v) is 2.41. The van der Waals surface area contributed by atoms with E-state index in [9.17, 15) is 4.79 Å². The Hall–Kier alpha value is -1.38. The van der Waals surface area contributed by atoms with Gasteiger partial charge in [-0.1, -0.05) is 19.9 Å². The van der Waals surface area contributed by atoms with E-state index in [1.54, 1.807) is 6.20 Å². The molecule has 3 heteroatoms. The minimum atomic E-state index is -0.120. The standard InChI is InChI=1S/C12H17NO2/c1-3-10(4-2)12(14)15-9-11-7-5-6-8-13-11/h5-8,10H,3-4,9H2,1-2H3. The predicted molar refractivity (Wildman–Crippen MR) is 58.1 cm³/mol. The molecule has 0 fully saturated rings. The smallest absolute Gasteiger partial charge is 0.309 e. The molecule has 0 aromatic carbocycles. The molecule has 82 valence electrons. The van der Waals surface area contributed by atoms with Crippen LogP contribution < -0.4 is 0 Å². The van der Waals surface area contributed by atoms with Crippen LogP contribution in [0.2, 0.25) is 0 Å². The van der Waals surface area contributed by atoms with Gasteiger partial charge >= 0.3 is 5.97 Å². The number of rotatable bonds is 5. The molecule has 15 heavy (non-hydrogen) atoms. The fraction of sp³-hybridized carbons (Fsp3) is 0.500. The molecule has 0 aliphatic carbocycles. The second-order valence-electron chi connectivity index (χ2n) is 3.44. The van der Waals surface area contributed by atoms with E-state index < -0.39 is 0 Å². The van der Waals surface area contributed by atoms with Crippen molar-refractivity contribution in [3.8, 4) is 0 Å². The van der Waals surface area contributed by atoms with Gasteiger partial charge in [0.15, 0.2) is 0 Å². The van der Waals surface area contributed by atoms with Crippen molar-refractivity contribution in [2.45, 2.75) is 33.3 Å². The van der Waals surface area contributed by atoms with Gasteiger partial charge in [-0.3, -0.25) is 9.78 Å². The first kappa shape index (κ1) is 11.7. The third-order valence-electron chi connectivity index (χ3n) is 2.41. The first-order chi connectivity index (χ1) is 7.27. The quantitative estimate of drug-likeness (QED) is 0.696. The Morgan fingerprint density at radius 2 is 2.13 bits per heavy atom. The SMILES string of the molecule is CCC(CC)C(=O)OCc1ccccn1. The molecule has 0 aliphatic heterocycles. The maximum atomic E-state index is 11.5. The molecule has 0 aliphatic rings. The number of carbonyl (C=O) groups excluding carboxylic acids is 1. The minimum Gasteiger partial charge on any atom is -0.459 e. The Bertz CT molecular complexity index is 294. The van der Waals surface area contributed by atoms with Crippen molar-refractivity contribution < 1.29 is 9.53 Å².